The number of para-hydroxylation sites is 1. The van der Waals surface area contributed by atoms with E-state index in [0.29, 0.717) is 0 Å². The topological polar surface area (TPSA) is 113 Å². The molecule has 3 amide bonds. The minimum Gasteiger partial charge on any atom is -0.355 e. The number of carbonyl (C=O) groups excluding carboxylic acids is 3. The molecule has 9 heteroatoms. The van der Waals surface area contributed by atoms with Crippen molar-refractivity contribution in [2.75, 3.05) is 24.1 Å². The number of sulfonamides is 1. The Hall–Kier alpha value is -3.20. The Morgan fingerprint density at radius 2 is 1.52 bits per heavy atom. The molecule has 2 aromatic rings. The molecule has 0 radical (unpaired) electrons. The van der Waals surface area contributed by atoms with Gasteiger partial charge in [-0.15, -0.1) is 0 Å². The van der Waals surface area contributed by atoms with Crippen molar-refractivity contribution in [3.8, 4) is 0 Å². The second-order valence-electron chi connectivity index (χ2n) is 5.85. The lowest BCUT2D eigenvalue weighted by Gasteiger charge is -2.15. The molecule has 1 aliphatic heterocycles. The van der Waals surface area contributed by atoms with Gasteiger partial charge in [0.15, 0.2) is 0 Å². The second-order valence-corrected chi connectivity index (χ2v) is 7.70. The summed E-state index contributed by atoms with van der Waals surface area (Å²) in [5.74, 6) is -1.96. The van der Waals surface area contributed by atoms with E-state index in [-0.39, 0.29) is 28.9 Å². The molecule has 0 saturated heterocycles. The quantitative estimate of drug-likeness (QED) is 0.721. The number of imide groups is 1. The molecule has 140 valence electrons. The van der Waals surface area contributed by atoms with E-state index in [1.165, 1.54) is 31.3 Å². The third-order valence-electron chi connectivity index (χ3n) is 4.13. The van der Waals surface area contributed by atoms with Crippen LogP contribution in [0.3, 0.4) is 0 Å². The maximum Gasteiger partial charge on any atom is 0.261 e. The van der Waals surface area contributed by atoms with Crippen LogP contribution in [0.5, 0.6) is 0 Å². The number of fused-ring (bicyclic) bond motifs is 1. The van der Waals surface area contributed by atoms with Crippen LogP contribution < -0.4 is 10.0 Å². The van der Waals surface area contributed by atoms with Crippen LogP contribution in [0.15, 0.2) is 48.5 Å². The van der Waals surface area contributed by atoms with Gasteiger partial charge in [0.05, 0.1) is 28.1 Å². The second kappa shape index (κ2) is 7.20. The predicted molar refractivity (Wildman–Crippen MR) is 99.1 cm³/mol. The predicted octanol–water partition coefficient (Wildman–Crippen LogP) is 1.08. The van der Waals surface area contributed by atoms with E-state index in [9.17, 15) is 22.8 Å². The lowest BCUT2D eigenvalue weighted by Crippen LogP contribution is -2.35. The van der Waals surface area contributed by atoms with Crippen LogP contribution >= 0.6 is 0 Å². The summed E-state index contributed by atoms with van der Waals surface area (Å²) >= 11 is 0. The average Bonchev–Trinajstić information content (AvgIpc) is 2.90. The molecule has 0 aromatic heterocycles. The number of carbonyl (C=O) groups is 3. The molecule has 0 aliphatic carbocycles. The summed E-state index contributed by atoms with van der Waals surface area (Å²) in [4.78, 5) is 37.4. The minimum absolute atomic E-state index is 0.124. The average molecular weight is 387 g/mol. The number of amides is 3. The molecule has 2 N–H and O–H groups in total. The lowest BCUT2D eigenvalue weighted by atomic mass is 10.1. The van der Waals surface area contributed by atoms with Gasteiger partial charge >= 0.3 is 0 Å². The molecule has 1 aliphatic rings. The highest BCUT2D eigenvalue weighted by Gasteiger charge is 2.35. The highest BCUT2D eigenvalue weighted by atomic mass is 32.2. The minimum atomic E-state index is -3.90. The first-order valence-electron chi connectivity index (χ1n) is 8.11. The van der Waals surface area contributed by atoms with Gasteiger partial charge in [-0.05, 0) is 24.3 Å². The molecule has 27 heavy (non-hydrogen) atoms. The van der Waals surface area contributed by atoms with Crippen molar-refractivity contribution >= 4 is 33.4 Å². The fourth-order valence-corrected chi connectivity index (χ4v) is 3.82. The van der Waals surface area contributed by atoms with Gasteiger partial charge in [0.2, 0.25) is 10.0 Å². The number of rotatable bonds is 6. The monoisotopic (exact) mass is 387 g/mol. The van der Waals surface area contributed by atoms with Crippen LogP contribution in [0.2, 0.25) is 0 Å². The summed E-state index contributed by atoms with van der Waals surface area (Å²) in [5.41, 5.74) is 0.819. The van der Waals surface area contributed by atoms with Crippen LogP contribution in [0.1, 0.15) is 31.1 Å². The van der Waals surface area contributed by atoms with Gasteiger partial charge in [0.1, 0.15) is 0 Å². The highest BCUT2D eigenvalue weighted by molar-refractivity contribution is 7.92. The summed E-state index contributed by atoms with van der Waals surface area (Å²) in [6.07, 6.45) is 0. The first kappa shape index (κ1) is 18.6. The van der Waals surface area contributed by atoms with Crippen LogP contribution in [0, 0.1) is 0 Å². The van der Waals surface area contributed by atoms with Gasteiger partial charge in [-0.25, -0.2) is 8.42 Å². The number of anilines is 1. The van der Waals surface area contributed by atoms with Crippen molar-refractivity contribution in [1.29, 1.82) is 0 Å². The van der Waals surface area contributed by atoms with Crippen molar-refractivity contribution in [2.45, 2.75) is 0 Å². The molecule has 1 heterocycles. The molecule has 0 saturated carbocycles. The standard InChI is InChI=1S/C18H17N3O5S/c1-19-16(22)14-8-4-5-9-15(14)20-27(25,26)11-10-21-17(23)12-6-2-3-7-13(12)18(21)24/h2-9,20H,10-11H2,1H3,(H,19,22). The molecule has 0 bridgehead atoms. The SMILES string of the molecule is CNC(=O)c1ccccc1NS(=O)(=O)CCN1C(=O)c2ccccc2C1=O. The van der Waals surface area contributed by atoms with Gasteiger partial charge in [-0.1, -0.05) is 24.3 Å². The highest BCUT2D eigenvalue weighted by Crippen LogP contribution is 2.22. The zero-order valence-corrected chi connectivity index (χ0v) is 15.2. The number of benzene rings is 2. The molecule has 0 unspecified atom stereocenters. The molecular weight excluding hydrogens is 370 g/mol. The molecular formula is C18H17N3O5S. The number of nitrogens with zero attached hydrogens (tertiary/aromatic N) is 1. The van der Waals surface area contributed by atoms with Crippen LogP contribution in [-0.2, 0) is 10.0 Å². The van der Waals surface area contributed by atoms with Gasteiger partial charge in [-0.2, -0.15) is 0 Å². The Balaban J connectivity index is 1.73. The van der Waals surface area contributed by atoms with Crippen molar-refractivity contribution in [3.05, 3.63) is 65.2 Å². The smallest absolute Gasteiger partial charge is 0.261 e. The third kappa shape index (κ3) is 3.68. The maximum absolute atomic E-state index is 12.4. The van der Waals surface area contributed by atoms with E-state index >= 15 is 0 Å². The molecule has 0 fully saturated rings. The van der Waals surface area contributed by atoms with E-state index < -0.39 is 33.5 Å². The first-order chi connectivity index (χ1) is 12.8. The van der Waals surface area contributed by atoms with Gasteiger partial charge < -0.3 is 5.32 Å². The van der Waals surface area contributed by atoms with Crippen LogP contribution in [0.4, 0.5) is 5.69 Å². The van der Waals surface area contributed by atoms with E-state index in [2.05, 4.69) is 10.0 Å². The Labute approximate surface area is 156 Å². The van der Waals surface area contributed by atoms with Crippen LogP contribution in [-0.4, -0.2) is 50.4 Å². The van der Waals surface area contributed by atoms with Gasteiger partial charge in [0, 0.05) is 13.6 Å². The fourth-order valence-electron chi connectivity index (χ4n) is 2.78. The van der Waals surface area contributed by atoms with E-state index in [4.69, 9.17) is 0 Å². The van der Waals surface area contributed by atoms with Crippen LogP contribution in [0.25, 0.3) is 0 Å². The van der Waals surface area contributed by atoms with Crippen molar-refractivity contribution in [3.63, 3.8) is 0 Å². The van der Waals surface area contributed by atoms with Crippen molar-refractivity contribution < 1.29 is 22.8 Å². The Morgan fingerprint density at radius 1 is 0.963 bits per heavy atom. The Morgan fingerprint density at radius 3 is 2.11 bits per heavy atom. The Kier molecular flexibility index (Phi) is 4.95. The first-order valence-corrected chi connectivity index (χ1v) is 9.76. The summed E-state index contributed by atoms with van der Waals surface area (Å²) < 4.78 is 27.2. The normalized spacial score (nSPS) is 13.4. The van der Waals surface area contributed by atoms with Gasteiger partial charge in [0.25, 0.3) is 17.7 Å². The summed E-state index contributed by atoms with van der Waals surface area (Å²) in [5, 5.41) is 2.43. The summed E-state index contributed by atoms with van der Waals surface area (Å²) in [7, 11) is -2.46. The zero-order chi connectivity index (χ0) is 19.6. The lowest BCUT2D eigenvalue weighted by molar-refractivity contribution is 0.0663. The Bertz CT molecular complexity index is 998. The summed E-state index contributed by atoms with van der Waals surface area (Å²) in [6.45, 7) is -0.288. The van der Waals surface area contributed by atoms with Gasteiger partial charge in [-0.3, -0.25) is 24.0 Å². The zero-order valence-electron chi connectivity index (χ0n) is 14.4. The molecule has 3 rings (SSSR count). The number of hydrogen-bond acceptors (Lipinski definition) is 5. The van der Waals surface area contributed by atoms with E-state index in [1.807, 2.05) is 0 Å². The van der Waals surface area contributed by atoms with Crippen molar-refractivity contribution in [1.82, 2.24) is 10.2 Å². The molecule has 2 aromatic carbocycles. The number of hydrogen-bond donors (Lipinski definition) is 2. The number of nitrogens with one attached hydrogen (secondary N) is 2. The third-order valence-corrected chi connectivity index (χ3v) is 5.38. The molecule has 8 nitrogen and oxygen atoms in total. The maximum atomic E-state index is 12.4. The van der Waals surface area contributed by atoms with Crippen molar-refractivity contribution in [2.24, 2.45) is 0 Å². The fraction of sp³-hybridized carbons (Fsp3) is 0.167. The largest absolute Gasteiger partial charge is 0.355 e. The summed E-state index contributed by atoms with van der Waals surface area (Å²) in [6, 6.07) is 12.5. The van der Waals surface area contributed by atoms with E-state index in [0.717, 1.165) is 4.90 Å². The van der Waals surface area contributed by atoms with E-state index in [1.54, 1.807) is 24.3 Å². The molecule has 0 spiro atoms. The molecule has 0 atom stereocenters.